The van der Waals surface area contributed by atoms with E-state index in [0.717, 1.165) is 18.4 Å². The molecule has 27 heavy (non-hydrogen) atoms. The van der Waals surface area contributed by atoms with Crippen molar-refractivity contribution in [2.24, 2.45) is 4.99 Å². The van der Waals surface area contributed by atoms with E-state index in [1.54, 1.807) is 25.4 Å². The van der Waals surface area contributed by atoms with Gasteiger partial charge in [0.25, 0.3) is 0 Å². The Labute approximate surface area is 176 Å². The van der Waals surface area contributed by atoms with Gasteiger partial charge in [0.05, 0.1) is 0 Å². The number of hydrogen-bond donors (Lipinski definition) is 2. The third-order valence-electron chi connectivity index (χ3n) is 4.50. The molecule has 1 fully saturated rings. The van der Waals surface area contributed by atoms with Crippen molar-refractivity contribution in [2.75, 3.05) is 7.05 Å². The summed E-state index contributed by atoms with van der Waals surface area (Å²) in [4.78, 5) is 8.57. The zero-order valence-electron chi connectivity index (χ0n) is 15.5. The zero-order chi connectivity index (χ0) is 18.2. The van der Waals surface area contributed by atoms with E-state index in [0.29, 0.717) is 30.5 Å². The number of nitrogens with zero attached hydrogens (tertiary/aromatic N) is 2. The number of hydrogen-bond acceptors (Lipinski definition) is 3. The summed E-state index contributed by atoms with van der Waals surface area (Å²) in [5.74, 6) is 1.05. The highest BCUT2D eigenvalue weighted by Gasteiger charge is 2.18. The Bertz CT molecular complexity index is 750. The molecule has 1 aromatic carbocycles. The molecular weight excluding hydrogens is 458 g/mol. The summed E-state index contributed by atoms with van der Waals surface area (Å²) in [6, 6.07) is 10.6. The average Bonchev–Trinajstić information content (AvgIpc) is 3.17. The Kier molecular flexibility index (Phi) is 8.77. The second-order valence-corrected chi connectivity index (χ2v) is 6.36. The van der Waals surface area contributed by atoms with Crippen molar-refractivity contribution in [3.63, 3.8) is 0 Å². The van der Waals surface area contributed by atoms with E-state index >= 15 is 0 Å². The Morgan fingerprint density at radius 1 is 1.11 bits per heavy atom. The van der Waals surface area contributed by atoms with E-state index in [1.165, 1.54) is 18.9 Å². The van der Waals surface area contributed by atoms with Gasteiger partial charge in [0, 0.05) is 37.5 Å². The third kappa shape index (κ3) is 6.34. The largest absolute Gasteiger partial charge is 0.474 e. The summed E-state index contributed by atoms with van der Waals surface area (Å²) in [7, 11) is 1.69. The van der Waals surface area contributed by atoms with Gasteiger partial charge in [-0.15, -0.1) is 24.0 Å². The molecule has 146 valence electrons. The van der Waals surface area contributed by atoms with Crippen LogP contribution >= 0.6 is 24.0 Å². The lowest BCUT2D eigenvalue weighted by molar-refractivity contribution is 0.199. The lowest BCUT2D eigenvalue weighted by atomic mass is 10.2. The predicted molar refractivity (Wildman–Crippen MR) is 116 cm³/mol. The molecule has 0 aliphatic heterocycles. The van der Waals surface area contributed by atoms with Crippen LogP contribution in [0.1, 0.15) is 36.8 Å². The van der Waals surface area contributed by atoms with Crippen LogP contribution in [0.2, 0.25) is 0 Å². The number of benzene rings is 1. The van der Waals surface area contributed by atoms with Crippen LogP contribution in [0.4, 0.5) is 4.39 Å². The van der Waals surface area contributed by atoms with E-state index in [4.69, 9.17) is 4.74 Å². The molecule has 0 unspecified atom stereocenters. The van der Waals surface area contributed by atoms with Gasteiger partial charge >= 0.3 is 0 Å². The molecule has 2 N–H and O–H groups in total. The maximum Gasteiger partial charge on any atom is 0.218 e. The fourth-order valence-corrected chi connectivity index (χ4v) is 3.05. The Balaban J connectivity index is 0.00000261. The van der Waals surface area contributed by atoms with Crippen LogP contribution in [-0.2, 0) is 13.1 Å². The van der Waals surface area contributed by atoms with E-state index in [-0.39, 0.29) is 35.9 Å². The van der Waals surface area contributed by atoms with Gasteiger partial charge in [-0.05, 0) is 37.8 Å². The molecule has 0 amide bonds. The summed E-state index contributed by atoms with van der Waals surface area (Å²) in [5, 5.41) is 6.36. The number of pyridine rings is 1. The van der Waals surface area contributed by atoms with Crippen LogP contribution < -0.4 is 15.4 Å². The fraction of sp³-hybridized carbons (Fsp3) is 0.400. The molecular formula is C20H26FIN4O. The molecule has 0 saturated heterocycles. The van der Waals surface area contributed by atoms with E-state index in [1.807, 2.05) is 18.2 Å². The van der Waals surface area contributed by atoms with Gasteiger partial charge in [0.2, 0.25) is 5.88 Å². The first-order valence-corrected chi connectivity index (χ1v) is 9.04. The number of aromatic nitrogens is 1. The number of aliphatic imine (C=N–C) groups is 1. The number of halogens is 2. The molecule has 7 heteroatoms. The molecule has 0 bridgehead atoms. The molecule has 1 aromatic heterocycles. The minimum atomic E-state index is -0.227. The molecule has 0 atom stereocenters. The smallest absolute Gasteiger partial charge is 0.218 e. The number of ether oxygens (including phenoxy) is 1. The van der Waals surface area contributed by atoms with Gasteiger partial charge < -0.3 is 15.4 Å². The lowest BCUT2D eigenvalue weighted by Gasteiger charge is -2.17. The predicted octanol–water partition coefficient (Wildman–Crippen LogP) is 4.03. The van der Waals surface area contributed by atoms with Gasteiger partial charge in [-0.1, -0.05) is 24.3 Å². The third-order valence-corrected chi connectivity index (χ3v) is 4.50. The first-order chi connectivity index (χ1) is 12.8. The first-order valence-electron chi connectivity index (χ1n) is 9.04. The number of nitrogens with one attached hydrogen (secondary N) is 2. The molecule has 1 heterocycles. The normalized spacial score (nSPS) is 14.5. The molecule has 1 saturated carbocycles. The first kappa shape index (κ1) is 21.4. The van der Waals surface area contributed by atoms with Crippen LogP contribution in [0.25, 0.3) is 0 Å². The van der Waals surface area contributed by atoms with Crippen molar-refractivity contribution >= 4 is 29.9 Å². The zero-order valence-corrected chi connectivity index (χ0v) is 17.8. The fourth-order valence-electron chi connectivity index (χ4n) is 3.05. The summed E-state index contributed by atoms with van der Waals surface area (Å²) in [5.41, 5.74) is 1.58. The Morgan fingerprint density at radius 3 is 2.48 bits per heavy atom. The van der Waals surface area contributed by atoms with Crippen LogP contribution in [0, 0.1) is 5.82 Å². The molecule has 0 radical (unpaired) electrons. The van der Waals surface area contributed by atoms with Gasteiger partial charge in [0.1, 0.15) is 11.9 Å². The van der Waals surface area contributed by atoms with Crippen molar-refractivity contribution in [3.8, 4) is 5.88 Å². The SMILES string of the molecule is CN=C(NCc1ccccc1F)NCc1cccnc1OC1CCCC1.I. The molecule has 1 aliphatic carbocycles. The summed E-state index contributed by atoms with van der Waals surface area (Å²) >= 11 is 0. The number of guanidine groups is 1. The monoisotopic (exact) mass is 484 g/mol. The standard InChI is InChI=1S/C20H25FN4O.HI/c1-22-20(24-13-15-7-2-5-11-18(15)21)25-14-16-8-6-12-23-19(16)26-17-9-3-4-10-17;/h2,5-8,11-12,17H,3-4,9-10,13-14H2,1H3,(H2,22,24,25);1H. The second-order valence-electron chi connectivity index (χ2n) is 6.36. The van der Waals surface area contributed by atoms with Crippen LogP contribution in [0.3, 0.4) is 0 Å². The maximum atomic E-state index is 13.7. The quantitative estimate of drug-likeness (QED) is 0.370. The maximum absolute atomic E-state index is 13.7. The number of rotatable bonds is 6. The average molecular weight is 484 g/mol. The minimum Gasteiger partial charge on any atom is -0.474 e. The summed E-state index contributed by atoms with van der Waals surface area (Å²) in [6.45, 7) is 0.900. The van der Waals surface area contributed by atoms with Crippen molar-refractivity contribution in [3.05, 3.63) is 59.5 Å². The molecule has 3 rings (SSSR count). The highest BCUT2D eigenvalue weighted by molar-refractivity contribution is 14.0. The van der Waals surface area contributed by atoms with Crippen LogP contribution in [0.5, 0.6) is 5.88 Å². The topological polar surface area (TPSA) is 58.5 Å². The van der Waals surface area contributed by atoms with Gasteiger partial charge in [-0.25, -0.2) is 9.37 Å². The molecule has 5 nitrogen and oxygen atoms in total. The van der Waals surface area contributed by atoms with E-state index in [2.05, 4.69) is 20.6 Å². The van der Waals surface area contributed by atoms with Crippen molar-refractivity contribution in [2.45, 2.75) is 44.9 Å². The molecule has 1 aliphatic rings. The highest BCUT2D eigenvalue weighted by Crippen LogP contribution is 2.24. The van der Waals surface area contributed by atoms with Crippen molar-refractivity contribution < 1.29 is 9.13 Å². The molecule has 0 spiro atoms. The van der Waals surface area contributed by atoms with Crippen molar-refractivity contribution in [1.29, 1.82) is 0 Å². The highest BCUT2D eigenvalue weighted by atomic mass is 127. The summed E-state index contributed by atoms with van der Waals surface area (Å²) < 4.78 is 19.8. The van der Waals surface area contributed by atoms with Gasteiger partial charge in [-0.2, -0.15) is 0 Å². The van der Waals surface area contributed by atoms with Gasteiger partial charge in [0.15, 0.2) is 5.96 Å². The van der Waals surface area contributed by atoms with Crippen LogP contribution in [-0.4, -0.2) is 24.1 Å². The summed E-state index contributed by atoms with van der Waals surface area (Å²) in [6.07, 6.45) is 6.64. The second kappa shape index (κ2) is 11.1. The van der Waals surface area contributed by atoms with Crippen LogP contribution in [0.15, 0.2) is 47.6 Å². The Morgan fingerprint density at radius 2 is 1.78 bits per heavy atom. The van der Waals surface area contributed by atoms with Crippen molar-refractivity contribution in [1.82, 2.24) is 15.6 Å². The van der Waals surface area contributed by atoms with Gasteiger partial charge in [-0.3, -0.25) is 4.99 Å². The minimum absolute atomic E-state index is 0. The lowest BCUT2D eigenvalue weighted by Crippen LogP contribution is -2.36. The molecule has 2 aromatic rings. The Hall–Kier alpha value is -1.90. The van der Waals surface area contributed by atoms with E-state index in [9.17, 15) is 4.39 Å². The van der Waals surface area contributed by atoms with E-state index < -0.39 is 0 Å².